The van der Waals surface area contributed by atoms with Crippen molar-refractivity contribution in [2.45, 2.75) is 13.5 Å². The molecule has 180 valence electrons. The van der Waals surface area contributed by atoms with Gasteiger partial charge in [-0.05, 0) is 107 Å². The molecule has 1 fully saturated rings. The summed E-state index contributed by atoms with van der Waals surface area (Å²) in [4.78, 5) is 16.4. The smallest absolute Gasteiger partial charge is 0.281 e. The van der Waals surface area contributed by atoms with Gasteiger partial charge in [0.25, 0.3) is 5.91 Å². The number of anilines is 1. The van der Waals surface area contributed by atoms with Crippen LogP contribution in [0.15, 0.2) is 66.4 Å². The van der Waals surface area contributed by atoms with Gasteiger partial charge in [-0.25, -0.2) is 0 Å². The molecule has 9 heteroatoms. The highest BCUT2D eigenvalue weighted by molar-refractivity contribution is 14.1. The molecule has 0 aliphatic carbocycles. The van der Waals surface area contributed by atoms with Crippen LogP contribution in [0.1, 0.15) is 18.1 Å². The molecule has 5 nitrogen and oxygen atoms in total. The standard InChI is InChI=1S/C26H21Cl2IN2O3S/c1-3-33-20-10-8-19(9-11-20)31-25(32)23(30(2)26(31)35)14-17-12-21(27)24(22(28)13-17)34-15-16-4-6-18(29)7-5-16/h4-14H,3,15H2,1-2H3/b23-14-. The largest absolute Gasteiger partial charge is 0.494 e. The predicted molar refractivity (Wildman–Crippen MR) is 153 cm³/mol. The Balaban J connectivity index is 1.55. The highest BCUT2D eigenvalue weighted by atomic mass is 127. The molecule has 0 atom stereocenters. The van der Waals surface area contributed by atoms with E-state index in [0.29, 0.717) is 51.1 Å². The Morgan fingerprint density at radius 3 is 2.23 bits per heavy atom. The third-order valence-electron chi connectivity index (χ3n) is 5.29. The van der Waals surface area contributed by atoms with Crippen molar-refractivity contribution in [2.75, 3.05) is 18.6 Å². The van der Waals surface area contributed by atoms with Gasteiger partial charge in [0.15, 0.2) is 10.9 Å². The summed E-state index contributed by atoms with van der Waals surface area (Å²) < 4.78 is 12.5. The molecule has 3 aromatic rings. The van der Waals surface area contributed by atoms with Gasteiger partial charge in [-0.1, -0.05) is 35.3 Å². The summed E-state index contributed by atoms with van der Waals surface area (Å²) in [5.74, 6) is 0.881. The average molecular weight is 639 g/mol. The van der Waals surface area contributed by atoms with Crippen LogP contribution < -0.4 is 14.4 Å². The fourth-order valence-electron chi connectivity index (χ4n) is 3.54. The highest BCUT2D eigenvalue weighted by Crippen LogP contribution is 2.36. The molecular weight excluding hydrogens is 618 g/mol. The van der Waals surface area contributed by atoms with Gasteiger partial charge in [0.1, 0.15) is 18.1 Å². The summed E-state index contributed by atoms with van der Waals surface area (Å²) in [6, 6.07) is 18.7. The first-order valence-corrected chi connectivity index (χ1v) is 13.0. The SMILES string of the molecule is CCOc1ccc(N2C(=O)/C(=C/c3cc(Cl)c(OCc4ccc(I)cc4)c(Cl)c3)N(C)C2=S)cc1. The minimum Gasteiger partial charge on any atom is -0.494 e. The number of benzene rings is 3. The molecule has 3 aromatic carbocycles. The molecular formula is C26H21Cl2IN2O3S. The monoisotopic (exact) mass is 638 g/mol. The molecule has 1 heterocycles. The lowest BCUT2D eigenvalue weighted by molar-refractivity contribution is -0.114. The van der Waals surface area contributed by atoms with Crippen molar-refractivity contribution >= 4 is 80.8 Å². The molecule has 0 spiro atoms. The van der Waals surface area contributed by atoms with Crippen LogP contribution in [0.25, 0.3) is 6.08 Å². The third-order valence-corrected chi connectivity index (χ3v) is 7.03. The zero-order valence-electron chi connectivity index (χ0n) is 18.9. The lowest BCUT2D eigenvalue weighted by Crippen LogP contribution is -2.31. The Hall–Kier alpha value is -2.33. The van der Waals surface area contributed by atoms with E-state index in [1.54, 1.807) is 42.3 Å². The number of amides is 1. The molecule has 4 rings (SSSR count). The van der Waals surface area contributed by atoms with Gasteiger partial charge < -0.3 is 14.4 Å². The number of hydrogen-bond acceptors (Lipinski definition) is 4. The second-order valence-corrected chi connectivity index (χ2v) is 10.1. The normalized spacial score (nSPS) is 14.7. The minimum atomic E-state index is -0.243. The van der Waals surface area contributed by atoms with Gasteiger partial charge in [-0.2, -0.15) is 0 Å². The second-order valence-electron chi connectivity index (χ2n) is 7.67. The number of halogens is 3. The van der Waals surface area contributed by atoms with Crippen molar-refractivity contribution in [3.05, 3.63) is 91.1 Å². The van der Waals surface area contributed by atoms with E-state index in [0.717, 1.165) is 14.9 Å². The van der Waals surface area contributed by atoms with Crippen LogP contribution in [-0.2, 0) is 11.4 Å². The zero-order chi connectivity index (χ0) is 25.1. The molecule has 1 amide bonds. The Morgan fingerprint density at radius 1 is 1.00 bits per heavy atom. The number of rotatable bonds is 7. The van der Waals surface area contributed by atoms with Crippen LogP contribution in [0.2, 0.25) is 10.0 Å². The van der Waals surface area contributed by atoms with Gasteiger partial charge in [-0.15, -0.1) is 0 Å². The van der Waals surface area contributed by atoms with Crippen molar-refractivity contribution in [1.29, 1.82) is 0 Å². The van der Waals surface area contributed by atoms with E-state index in [2.05, 4.69) is 22.6 Å². The first-order valence-electron chi connectivity index (χ1n) is 10.7. The summed E-state index contributed by atoms with van der Waals surface area (Å²) in [5, 5.41) is 1.09. The van der Waals surface area contributed by atoms with Crippen LogP contribution >= 0.6 is 58.0 Å². The summed E-state index contributed by atoms with van der Waals surface area (Å²) in [7, 11) is 1.75. The lowest BCUT2D eigenvalue weighted by atomic mass is 10.1. The molecule has 0 radical (unpaired) electrons. The van der Waals surface area contributed by atoms with E-state index < -0.39 is 0 Å². The number of carbonyl (C=O) groups is 1. The number of likely N-dealkylation sites (N-methyl/N-ethyl adjacent to an activating group) is 1. The molecule has 0 saturated carbocycles. The first kappa shape index (κ1) is 25.8. The third kappa shape index (κ3) is 5.74. The van der Waals surface area contributed by atoms with Crippen LogP contribution in [0.3, 0.4) is 0 Å². The fraction of sp³-hybridized carbons (Fsp3) is 0.154. The number of nitrogens with zero attached hydrogens (tertiary/aromatic N) is 2. The van der Waals surface area contributed by atoms with E-state index >= 15 is 0 Å². The van der Waals surface area contributed by atoms with Gasteiger partial charge >= 0.3 is 0 Å². The first-order chi connectivity index (χ1) is 16.8. The van der Waals surface area contributed by atoms with Crippen molar-refractivity contribution in [2.24, 2.45) is 0 Å². The Morgan fingerprint density at radius 2 is 1.63 bits per heavy atom. The number of ether oxygens (including phenoxy) is 2. The number of hydrogen-bond donors (Lipinski definition) is 0. The van der Waals surface area contributed by atoms with Gasteiger partial charge in [0.2, 0.25) is 0 Å². The highest BCUT2D eigenvalue weighted by Gasteiger charge is 2.36. The lowest BCUT2D eigenvalue weighted by Gasteiger charge is -2.16. The van der Waals surface area contributed by atoms with Gasteiger partial charge in [0.05, 0.1) is 22.3 Å². The van der Waals surface area contributed by atoms with E-state index in [1.807, 2.05) is 43.3 Å². The molecule has 1 aliphatic heterocycles. The van der Waals surface area contributed by atoms with Crippen molar-refractivity contribution < 1.29 is 14.3 Å². The molecule has 0 unspecified atom stereocenters. The summed E-state index contributed by atoms with van der Waals surface area (Å²) in [6.45, 7) is 2.82. The predicted octanol–water partition coefficient (Wildman–Crippen LogP) is 7.18. The molecule has 1 aliphatic rings. The van der Waals surface area contributed by atoms with E-state index in [-0.39, 0.29) is 5.91 Å². The fourth-order valence-corrected chi connectivity index (χ4v) is 4.80. The van der Waals surface area contributed by atoms with E-state index in [9.17, 15) is 4.79 Å². The van der Waals surface area contributed by atoms with Gasteiger partial charge in [0, 0.05) is 10.6 Å². The maximum atomic E-state index is 13.3. The van der Waals surface area contributed by atoms with Crippen LogP contribution in [0.4, 0.5) is 5.69 Å². The molecule has 1 saturated heterocycles. The Bertz CT molecular complexity index is 1270. The van der Waals surface area contributed by atoms with Crippen LogP contribution in [-0.4, -0.2) is 29.6 Å². The molecule has 0 N–H and O–H groups in total. The van der Waals surface area contributed by atoms with Crippen molar-refractivity contribution in [1.82, 2.24) is 4.90 Å². The summed E-state index contributed by atoms with van der Waals surface area (Å²) in [6.07, 6.45) is 1.71. The maximum absolute atomic E-state index is 13.3. The summed E-state index contributed by atoms with van der Waals surface area (Å²) >= 11 is 20.8. The maximum Gasteiger partial charge on any atom is 0.281 e. The molecule has 0 aromatic heterocycles. The number of thiocarbonyl (C=S) groups is 1. The topological polar surface area (TPSA) is 42.0 Å². The second kappa shape index (κ2) is 11.2. The molecule has 0 bridgehead atoms. The van der Waals surface area contributed by atoms with Crippen LogP contribution in [0, 0.1) is 3.57 Å². The van der Waals surface area contributed by atoms with Crippen molar-refractivity contribution in [3.63, 3.8) is 0 Å². The average Bonchev–Trinajstić information content (AvgIpc) is 3.03. The number of carbonyl (C=O) groups excluding carboxylic acids is 1. The summed E-state index contributed by atoms with van der Waals surface area (Å²) in [5.41, 5.74) is 2.73. The zero-order valence-corrected chi connectivity index (χ0v) is 23.4. The van der Waals surface area contributed by atoms with Crippen LogP contribution in [0.5, 0.6) is 11.5 Å². The molecule has 35 heavy (non-hydrogen) atoms. The van der Waals surface area contributed by atoms with Crippen molar-refractivity contribution in [3.8, 4) is 11.5 Å². The Kier molecular flexibility index (Phi) is 8.21. The Labute approximate surface area is 233 Å². The minimum absolute atomic E-state index is 0.243. The quantitative estimate of drug-likeness (QED) is 0.156. The van der Waals surface area contributed by atoms with Gasteiger partial charge in [-0.3, -0.25) is 9.69 Å². The van der Waals surface area contributed by atoms with E-state index in [4.69, 9.17) is 44.9 Å². The van der Waals surface area contributed by atoms with E-state index in [1.165, 1.54) is 4.90 Å².